The van der Waals surface area contributed by atoms with E-state index in [-0.39, 0.29) is 5.91 Å². The van der Waals surface area contributed by atoms with Gasteiger partial charge < -0.3 is 5.32 Å². The fourth-order valence-corrected chi connectivity index (χ4v) is 5.86. The van der Waals surface area contributed by atoms with Gasteiger partial charge in [-0.25, -0.2) is 0 Å². The molecule has 5 atom stereocenters. The minimum atomic E-state index is -0.590. The second-order valence-corrected chi connectivity index (χ2v) is 9.86. The Morgan fingerprint density at radius 3 is 2.68 bits per heavy atom. The van der Waals surface area contributed by atoms with Crippen LogP contribution in [0.1, 0.15) is 46.1 Å². The summed E-state index contributed by atoms with van der Waals surface area (Å²) >= 11 is 0. The van der Waals surface area contributed by atoms with Gasteiger partial charge in [-0.3, -0.25) is 19.7 Å². The van der Waals surface area contributed by atoms with E-state index in [0.717, 1.165) is 31.5 Å². The molecule has 1 amide bonds. The monoisotopic (exact) mass is 382 g/mol. The molecule has 1 saturated heterocycles. The Balaban J connectivity index is 1.60. The van der Waals surface area contributed by atoms with Crippen LogP contribution in [0.3, 0.4) is 0 Å². The number of aromatic nitrogens is 1. The van der Waals surface area contributed by atoms with Crippen LogP contribution in [0.25, 0.3) is 0 Å². The summed E-state index contributed by atoms with van der Waals surface area (Å²) in [5, 5.41) is 3.21. The molecule has 0 unspecified atom stereocenters. The molecule has 1 N–H and O–H groups in total. The van der Waals surface area contributed by atoms with E-state index in [9.17, 15) is 4.79 Å². The Bertz CT molecular complexity index is 731. The number of nitrogens with one attached hydrogen (secondary N) is 1. The van der Waals surface area contributed by atoms with E-state index >= 15 is 0 Å². The zero-order valence-corrected chi connectivity index (χ0v) is 17.6. The number of amides is 1. The normalized spacial score (nSPS) is 33.8. The Kier molecular flexibility index (Phi) is 5.30. The molecule has 1 aromatic rings. The van der Waals surface area contributed by atoms with Crippen molar-refractivity contribution in [1.82, 2.24) is 15.2 Å². The number of aliphatic imine (C=N–C) groups is 1. The molecule has 5 heteroatoms. The van der Waals surface area contributed by atoms with Gasteiger partial charge in [0.1, 0.15) is 5.54 Å². The lowest BCUT2D eigenvalue weighted by Gasteiger charge is -2.51. The van der Waals surface area contributed by atoms with E-state index in [1.807, 2.05) is 12.1 Å². The predicted octanol–water partition coefficient (Wildman–Crippen LogP) is 3.16. The molecule has 4 heterocycles. The van der Waals surface area contributed by atoms with Crippen molar-refractivity contribution in [3.8, 4) is 0 Å². The number of carbonyl (C=O) groups is 1. The minimum Gasteiger partial charge on any atom is -0.350 e. The first-order valence-electron chi connectivity index (χ1n) is 10.9. The Morgan fingerprint density at radius 2 is 2.00 bits per heavy atom. The highest BCUT2D eigenvalue weighted by molar-refractivity contribution is 5.91. The molecule has 0 spiro atoms. The number of likely N-dealkylation sites (tertiary alicyclic amines) is 1. The first-order chi connectivity index (χ1) is 13.4. The fourth-order valence-electron chi connectivity index (χ4n) is 5.86. The Labute approximate surface area is 169 Å². The van der Waals surface area contributed by atoms with Crippen LogP contribution in [0.15, 0.2) is 29.5 Å². The van der Waals surface area contributed by atoms with Gasteiger partial charge in [0.2, 0.25) is 5.91 Å². The molecule has 0 radical (unpaired) electrons. The van der Waals surface area contributed by atoms with Crippen molar-refractivity contribution >= 4 is 12.1 Å². The Morgan fingerprint density at radius 1 is 1.25 bits per heavy atom. The van der Waals surface area contributed by atoms with Crippen LogP contribution in [0.2, 0.25) is 0 Å². The van der Waals surface area contributed by atoms with Crippen LogP contribution in [0.4, 0.5) is 0 Å². The molecule has 28 heavy (non-hydrogen) atoms. The first-order valence-corrected chi connectivity index (χ1v) is 10.9. The van der Waals surface area contributed by atoms with Crippen LogP contribution >= 0.6 is 0 Å². The van der Waals surface area contributed by atoms with Gasteiger partial charge in [0.25, 0.3) is 0 Å². The van der Waals surface area contributed by atoms with Crippen molar-refractivity contribution in [2.45, 2.75) is 58.7 Å². The number of pyridine rings is 1. The van der Waals surface area contributed by atoms with Gasteiger partial charge >= 0.3 is 0 Å². The predicted molar refractivity (Wildman–Crippen MR) is 112 cm³/mol. The maximum atomic E-state index is 13.5. The molecule has 0 aromatic carbocycles. The van der Waals surface area contributed by atoms with Gasteiger partial charge in [-0.05, 0) is 48.3 Å². The van der Waals surface area contributed by atoms with Gasteiger partial charge in [-0.15, -0.1) is 0 Å². The lowest BCUT2D eigenvalue weighted by molar-refractivity contribution is -0.132. The highest BCUT2D eigenvalue weighted by Crippen LogP contribution is 2.54. The molecule has 152 valence electrons. The zero-order chi connectivity index (χ0) is 19.9. The molecule has 1 aromatic heterocycles. The van der Waals surface area contributed by atoms with E-state index in [0.29, 0.717) is 42.2 Å². The third-order valence-corrected chi connectivity index (χ3v) is 6.83. The van der Waals surface area contributed by atoms with Crippen molar-refractivity contribution in [3.05, 3.63) is 30.1 Å². The lowest BCUT2D eigenvalue weighted by atomic mass is 9.59. The molecule has 1 saturated carbocycles. The summed E-state index contributed by atoms with van der Waals surface area (Å²) in [6.45, 7) is 11.9. The van der Waals surface area contributed by atoms with Gasteiger partial charge in [-0.1, -0.05) is 27.7 Å². The molecule has 3 aliphatic heterocycles. The van der Waals surface area contributed by atoms with E-state index in [1.165, 1.54) is 0 Å². The molecule has 2 fully saturated rings. The number of hydrogen-bond acceptors (Lipinski definition) is 4. The summed E-state index contributed by atoms with van der Waals surface area (Å²) in [5.74, 6) is 2.72. The van der Waals surface area contributed by atoms with Crippen LogP contribution < -0.4 is 5.32 Å². The van der Waals surface area contributed by atoms with Gasteiger partial charge in [0.15, 0.2) is 0 Å². The van der Waals surface area contributed by atoms with Crippen molar-refractivity contribution in [2.24, 2.45) is 34.6 Å². The molecule has 1 aliphatic carbocycles. The third kappa shape index (κ3) is 3.38. The highest BCUT2D eigenvalue weighted by atomic mass is 16.2. The van der Waals surface area contributed by atoms with Crippen LogP contribution in [-0.2, 0) is 11.3 Å². The van der Waals surface area contributed by atoms with E-state index in [1.54, 1.807) is 12.4 Å². The van der Waals surface area contributed by atoms with Crippen LogP contribution in [-0.4, -0.2) is 46.7 Å². The Hall–Kier alpha value is -1.75. The van der Waals surface area contributed by atoms with Gasteiger partial charge in [-0.2, -0.15) is 0 Å². The zero-order valence-electron chi connectivity index (χ0n) is 17.6. The smallest absolute Gasteiger partial charge is 0.248 e. The minimum absolute atomic E-state index is 0.116. The highest BCUT2D eigenvalue weighted by Gasteiger charge is 2.63. The average Bonchev–Trinajstić information content (AvgIpc) is 2.95. The maximum Gasteiger partial charge on any atom is 0.248 e. The summed E-state index contributed by atoms with van der Waals surface area (Å²) in [5.41, 5.74) is 0.491. The molecular weight excluding hydrogens is 348 g/mol. The summed E-state index contributed by atoms with van der Waals surface area (Å²) < 4.78 is 0. The summed E-state index contributed by atoms with van der Waals surface area (Å²) in [4.78, 5) is 25.2. The van der Waals surface area contributed by atoms with Crippen molar-refractivity contribution in [1.29, 1.82) is 0 Å². The molecular formula is C23H34N4O. The molecule has 4 bridgehead atoms. The number of hydrogen-bond donors (Lipinski definition) is 1. The maximum absolute atomic E-state index is 13.5. The van der Waals surface area contributed by atoms with Crippen molar-refractivity contribution < 1.29 is 4.79 Å². The summed E-state index contributed by atoms with van der Waals surface area (Å²) in [6.07, 6.45) is 7.65. The molecule has 5 nitrogen and oxygen atoms in total. The average molecular weight is 383 g/mol. The standard InChI is InChI=1S/C23H34N4O/c1-15(2)9-20-21-19-12-26-23(20,10-18(19)14-27(21)13-16(3)4)22(28)25-11-17-5-7-24-8-6-17/h5-8,12,15-16,18-21H,9-11,13-14H2,1-4H3,(H,25,28)/t18-,19-,20-,21+,23+/m1/s1. The second kappa shape index (κ2) is 7.58. The summed E-state index contributed by atoms with van der Waals surface area (Å²) in [6, 6.07) is 4.38. The van der Waals surface area contributed by atoms with Crippen molar-refractivity contribution in [2.75, 3.05) is 13.1 Å². The van der Waals surface area contributed by atoms with E-state index in [4.69, 9.17) is 4.99 Å². The van der Waals surface area contributed by atoms with E-state index in [2.05, 4.69) is 49.1 Å². The van der Waals surface area contributed by atoms with Crippen LogP contribution in [0.5, 0.6) is 0 Å². The number of rotatable bonds is 7. The first kappa shape index (κ1) is 19.6. The SMILES string of the molecule is CC(C)C[C@@H]1[C@@H]2[C@@H]3C=N[C@@]1(C(=O)NCc1ccncc1)C[C@@H]3CN2CC(C)C. The van der Waals surface area contributed by atoms with Gasteiger partial charge in [0, 0.05) is 56.1 Å². The van der Waals surface area contributed by atoms with Crippen molar-refractivity contribution in [3.63, 3.8) is 0 Å². The number of carbonyl (C=O) groups excluding carboxylic acids is 1. The van der Waals surface area contributed by atoms with Crippen LogP contribution in [0, 0.1) is 29.6 Å². The molecule has 4 aliphatic rings. The lowest BCUT2D eigenvalue weighted by Crippen LogP contribution is -2.63. The number of nitrogens with zero attached hydrogens (tertiary/aromatic N) is 3. The summed E-state index contributed by atoms with van der Waals surface area (Å²) in [7, 11) is 0. The largest absolute Gasteiger partial charge is 0.350 e. The molecule has 5 rings (SSSR count). The van der Waals surface area contributed by atoms with E-state index < -0.39 is 5.54 Å². The quantitative estimate of drug-likeness (QED) is 0.788. The topological polar surface area (TPSA) is 57.6 Å². The third-order valence-electron chi connectivity index (χ3n) is 6.83. The second-order valence-electron chi connectivity index (χ2n) is 9.86. The van der Waals surface area contributed by atoms with Gasteiger partial charge in [0.05, 0.1) is 0 Å². The fraction of sp³-hybridized carbons (Fsp3) is 0.696.